The highest BCUT2D eigenvalue weighted by atomic mass is 16.2. The molecule has 0 radical (unpaired) electrons. The minimum atomic E-state index is -0.151. The van der Waals surface area contributed by atoms with Crippen molar-refractivity contribution in [3.8, 4) is 0 Å². The van der Waals surface area contributed by atoms with Gasteiger partial charge in [-0.2, -0.15) is 0 Å². The van der Waals surface area contributed by atoms with Crippen LogP contribution in [0.1, 0.15) is 47.9 Å². The highest BCUT2D eigenvalue weighted by Gasteiger charge is 2.17. The van der Waals surface area contributed by atoms with E-state index in [4.69, 9.17) is 0 Å². The van der Waals surface area contributed by atoms with Crippen molar-refractivity contribution in [1.82, 2.24) is 5.32 Å². The van der Waals surface area contributed by atoms with E-state index in [1.54, 1.807) is 29.2 Å². The summed E-state index contributed by atoms with van der Waals surface area (Å²) >= 11 is 0. The third kappa shape index (κ3) is 4.22. The molecule has 1 N–H and O–H groups in total. The van der Waals surface area contributed by atoms with Gasteiger partial charge in [-0.15, -0.1) is 0 Å². The molecule has 4 nitrogen and oxygen atoms in total. The highest BCUT2D eigenvalue weighted by molar-refractivity contribution is 6.07. The van der Waals surface area contributed by atoms with E-state index in [2.05, 4.69) is 5.32 Å². The Morgan fingerprint density at radius 3 is 2.29 bits per heavy atom. The largest absolute Gasteiger partial charge is 0.350 e. The van der Waals surface area contributed by atoms with Crippen molar-refractivity contribution in [3.05, 3.63) is 65.7 Å². The van der Waals surface area contributed by atoms with Crippen molar-refractivity contribution < 1.29 is 9.59 Å². The van der Waals surface area contributed by atoms with Crippen LogP contribution in [0.3, 0.4) is 0 Å². The Hall–Kier alpha value is -2.62. The number of carbonyl (C=O) groups excluding carboxylic acids is 2. The summed E-state index contributed by atoms with van der Waals surface area (Å²) in [6.07, 6.45) is 0.863. The quantitative estimate of drug-likeness (QED) is 0.876. The van der Waals surface area contributed by atoms with E-state index in [1.807, 2.05) is 51.1 Å². The average Bonchev–Trinajstić information content (AvgIpc) is 2.63. The first-order valence-corrected chi connectivity index (χ1v) is 8.34. The molecule has 1 atom stereocenters. The Bertz CT molecular complexity index is 698. The first-order valence-electron chi connectivity index (χ1n) is 8.34. The van der Waals surface area contributed by atoms with Gasteiger partial charge in [-0.05, 0) is 50.6 Å². The minimum Gasteiger partial charge on any atom is -0.350 e. The monoisotopic (exact) mass is 324 g/mol. The van der Waals surface area contributed by atoms with E-state index in [0.29, 0.717) is 17.7 Å². The third-order valence-electron chi connectivity index (χ3n) is 3.99. The van der Waals surface area contributed by atoms with Crippen molar-refractivity contribution in [2.45, 2.75) is 33.2 Å². The average molecular weight is 324 g/mol. The van der Waals surface area contributed by atoms with Crippen LogP contribution in [0, 0.1) is 0 Å². The first-order chi connectivity index (χ1) is 11.6. The zero-order valence-corrected chi connectivity index (χ0v) is 14.5. The fourth-order valence-electron chi connectivity index (χ4n) is 2.41. The van der Waals surface area contributed by atoms with Crippen LogP contribution in [-0.4, -0.2) is 24.4 Å². The van der Waals surface area contributed by atoms with Gasteiger partial charge >= 0.3 is 0 Å². The van der Waals surface area contributed by atoms with Crippen LogP contribution in [0.5, 0.6) is 0 Å². The van der Waals surface area contributed by atoms with Gasteiger partial charge in [0.1, 0.15) is 0 Å². The van der Waals surface area contributed by atoms with Crippen LogP contribution in [-0.2, 0) is 0 Å². The van der Waals surface area contributed by atoms with E-state index in [-0.39, 0.29) is 17.9 Å². The summed E-state index contributed by atoms with van der Waals surface area (Å²) in [4.78, 5) is 26.8. The van der Waals surface area contributed by atoms with Crippen molar-refractivity contribution in [3.63, 3.8) is 0 Å². The summed E-state index contributed by atoms with van der Waals surface area (Å²) < 4.78 is 0. The molecular weight excluding hydrogens is 300 g/mol. The molecule has 0 aromatic heterocycles. The molecule has 2 aromatic rings. The summed E-state index contributed by atoms with van der Waals surface area (Å²) in [5.74, 6) is -0.261. The molecule has 2 aromatic carbocycles. The summed E-state index contributed by atoms with van der Waals surface area (Å²) in [6, 6.07) is 16.5. The fraction of sp³-hybridized carbons (Fsp3) is 0.300. The van der Waals surface area contributed by atoms with E-state index < -0.39 is 0 Å². The zero-order valence-electron chi connectivity index (χ0n) is 14.5. The molecule has 4 heteroatoms. The summed E-state index contributed by atoms with van der Waals surface area (Å²) in [7, 11) is 0. The number of benzene rings is 2. The number of nitrogens with one attached hydrogen (secondary N) is 1. The van der Waals surface area contributed by atoms with Crippen LogP contribution >= 0.6 is 0 Å². The van der Waals surface area contributed by atoms with Crippen molar-refractivity contribution in [2.24, 2.45) is 0 Å². The number of nitrogens with zero attached hydrogens (tertiary/aromatic N) is 1. The van der Waals surface area contributed by atoms with Crippen LogP contribution < -0.4 is 10.2 Å². The minimum absolute atomic E-state index is 0.105. The van der Waals surface area contributed by atoms with Crippen molar-refractivity contribution in [2.75, 3.05) is 11.4 Å². The number of para-hydroxylation sites is 1. The lowest BCUT2D eigenvalue weighted by molar-refractivity contribution is 0.0939. The number of rotatable bonds is 6. The van der Waals surface area contributed by atoms with Gasteiger partial charge in [0, 0.05) is 29.4 Å². The molecule has 0 heterocycles. The van der Waals surface area contributed by atoms with Gasteiger partial charge in [0.2, 0.25) is 0 Å². The summed E-state index contributed by atoms with van der Waals surface area (Å²) in [6.45, 7) is 6.47. The second-order valence-corrected chi connectivity index (χ2v) is 5.75. The lowest BCUT2D eigenvalue weighted by atomic mass is 10.1. The van der Waals surface area contributed by atoms with Gasteiger partial charge < -0.3 is 10.2 Å². The molecule has 0 fully saturated rings. The number of anilines is 1. The molecular formula is C20H24N2O2. The molecule has 0 aliphatic carbocycles. The molecule has 1 unspecified atom stereocenters. The summed E-state index contributed by atoms with van der Waals surface area (Å²) in [5, 5.41) is 2.92. The van der Waals surface area contributed by atoms with Crippen molar-refractivity contribution in [1.29, 1.82) is 0 Å². The first kappa shape index (κ1) is 17.7. The lowest BCUT2D eigenvalue weighted by Gasteiger charge is -2.21. The number of hydrogen-bond donors (Lipinski definition) is 1. The highest BCUT2D eigenvalue weighted by Crippen LogP contribution is 2.17. The van der Waals surface area contributed by atoms with E-state index in [0.717, 1.165) is 12.1 Å². The van der Waals surface area contributed by atoms with E-state index >= 15 is 0 Å². The Balaban J connectivity index is 2.24. The van der Waals surface area contributed by atoms with Gasteiger partial charge in [0.25, 0.3) is 11.8 Å². The van der Waals surface area contributed by atoms with Crippen LogP contribution in [0.15, 0.2) is 54.6 Å². The van der Waals surface area contributed by atoms with Gasteiger partial charge in [0.05, 0.1) is 0 Å². The standard InChI is InChI=1S/C20H24N2O2/c1-4-15(3)21-19(23)16-10-9-11-17(14-16)20(24)22(5-2)18-12-7-6-8-13-18/h6-15H,4-5H2,1-3H3,(H,21,23). The third-order valence-corrected chi connectivity index (χ3v) is 3.99. The normalized spacial score (nSPS) is 11.6. The Morgan fingerprint density at radius 2 is 1.67 bits per heavy atom. The van der Waals surface area contributed by atoms with Crippen molar-refractivity contribution >= 4 is 17.5 Å². The lowest BCUT2D eigenvalue weighted by Crippen LogP contribution is -2.33. The Labute approximate surface area is 143 Å². The summed E-state index contributed by atoms with van der Waals surface area (Å²) in [5.41, 5.74) is 1.86. The molecule has 2 amide bonds. The number of hydrogen-bond acceptors (Lipinski definition) is 2. The molecule has 126 valence electrons. The molecule has 0 saturated carbocycles. The molecule has 0 saturated heterocycles. The second kappa shape index (κ2) is 8.29. The molecule has 2 rings (SSSR count). The number of amides is 2. The van der Waals surface area contributed by atoms with Gasteiger partial charge in [-0.3, -0.25) is 9.59 Å². The molecule has 0 aliphatic heterocycles. The smallest absolute Gasteiger partial charge is 0.258 e. The molecule has 0 bridgehead atoms. The predicted molar refractivity (Wildman–Crippen MR) is 97.5 cm³/mol. The maximum absolute atomic E-state index is 12.8. The Morgan fingerprint density at radius 1 is 1.00 bits per heavy atom. The Kier molecular flexibility index (Phi) is 6.13. The van der Waals surface area contributed by atoms with Gasteiger partial charge in [0.15, 0.2) is 0 Å². The van der Waals surface area contributed by atoms with E-state index in [9.17, 15) is 9.59 Å². The fourth-order valence-corrected chi connectivity index (χ4v) is 2.41. The topological polar surface area (TPSA) is 49.4 Å². The SMILES string of the molecule is CCC(C)NC(=O)c1cccc(C(=O)N(CC)c2ccccc2)c1. The second-order valence-electron chi connectivity index (χ2n) is 5.75. The van der Waals surface area contributed by atoms with Gasteiger partial charge in [-0.1, -0.05) is 31.2 Å². The molecule has 0 spiro atoms. The van der Waals surface area contributed by atoms with E-state index in [1.165, 1.54) is 0 Å². The van der Waals surface area contributed by atoms with Crippen LogP contribution in [0.4, 0.5) is 5.69 Å². The molecule has 0 aliphatic rings. The molecule has 24 heavy (non-hydrogen) atoms. The zero-order chi connectivity index (χ0) is 17.5. The van der Waals surface area contributed by atoms with Crippen LogP contribution in [0.25, 0.3) is 0 Å². The van der Waals surface area contributed by atoms with Crippen LogP contribution in [0.2, 0.25) is 0 Å². The number of carbonyl (C=O) groups is 2. The maximum atomic E-state index is 12.8. The van der Waals surface area contributed by atoms with Gasteiger partial charge in [-0.25, -0.2) is 0 Å². The maximum Gasteiger partial charge on any atom is 0.258 e. The predicted octanol–water partition coefficient (Wildman–Crippen LogP) is 3.88.